The van der Waals surface area contributed by atoms with Crippen LogP contribution >= 0.6 is 11.3 Å². The van der Waals surface area contributed by atoms with Crippen molar-refractivity contribution in [3.8, 4) is 89.9 Å². The van der Waals surface area contributed by atoms with Crippen LogP contribution in [0.2, 0.25) is 0 Å². The van der Waals surface area contributed by atoms with Gasteiger partial charge in [-0.15, -0.1) is 11.3 Å². The Balaban J connectivity index is 1.07. The summed E-state index contributed by atoms with van der Waals surface area (Å²) in [7, 11) is 0. The molecule has 0 saturated carbocycles. The van der Waals surface area contributed by atoms with Crippen molar-refractivity contribution in [2.24, 2.45) is 0 Å². The Hall–Kier alpha value is -8.64. The van der Waals surface area contributed by atoms with Gasteiger partial charge in [0.2, 0.25) is 0 Å². The Morgan fingerprint density at radius 2 is 0.868 bits per heavy atom. The summed E-state index contributed by atoms with van der Waals surface area (Å²) in [4.78, 5) is 21.3. The highest BCUT2D eigenvalue weighted by molar-refractivity contribution is 7.26. The summed E-state index contributed by atoms with van der Waals surface area (Å²) in [6.07, 6.45) is 2.03. The maximum atomic E-state index is 5.52. The minimum absolute atomic E-state index is 0.126. The Bertz CT molecular complexity index is 3720. The highest BCUT2D eigenvalue weighted by Gasteiger charge is 2.33. The number of aromatic nitrogens is 4. The topological polar surface area (TPSA) is 51.6 Å². The van der Waals surface area contributed by atoms with E-state index in [0.29, 0.717) is 17.5 Å². The molecule has 4 nitrogen and oxygen atoms in total. The van der Waals surface area contributed by atoms with Gasteiger partial charge in [0.25, 0.3) is 0 Å². The highest BCUT2D eigenvalue weighted by atomic mass is 32.1. The molecule has 0 bridgehead atoms. The maximum Gasteiger partial charge on any atom is 0.166 e. The average molecular weight is 885 g/mol. The molecule has 3 aromatic heterocycles. The Morgan fingerprint density at radius 3 is 1.49 bits per heavy atom. The molecule has 0 aliphatic heterocycles. The fraction of sp³-hybridized carbons (Fsp3) is 0.0159. The second kappa shape index (κ2) is 16.7. The van der Waals surface area contributed by atoms with Crippen molar-refractivity contribution in [3.63, 3.8) is 0 Å². The van der Waals surface area contributed by atoms with Crippen LogP contribution in [0.25, 0.3) is 110 Å². The standard InChI is InChI=1S/C63H40N4S/c1-6-19-40(20-7-1)45-35-46(41-21-8-2-9-22-41)37-47(36-45)48-38-54(63-66-61(43-25-12-4-13-26-43)65-62(67-63)44-27-14-5-15-28-44)59(64-39-48)52-31-18-32-55-57(52)53-34-33-51-49-29-16-17-30-50(49)56(58(51)60(53)68-55)42-23-10-3-11-24-42/h1-39,56H. The molecule has 13 rings (SSSR count). The average Bonchev–Trinajstić information content (AvgIpc) is 3.98. The molecule has 5 heteroatoms. The second-order valence-electron chi connectivity index (χ2n) is 17.3. The second-order valence-corrected chi connectivity index (χ2v) is 18.4. The van der Waals surface area contributed by atoms with E-state index in [1.54, 1.807) is 0 Å². The fourth-order valence-electron chi connectivity index (χ4n) is 10.1. The van der Waals surface area contributed by atoms with Gasteiger partial charge in [0.05, 0.1) is 5.69 Å². The minimum Gasteiger partial charge on any atom is -0.255 e. The summed E-state index contributed by atoms with van der Waals surface area (Å²) < 4.78 is 2.51. The molecule has 0 radical (unpaired) electrons. The molecular formula is C63H40N4S. The van der Waals surface area contributed by atoms with Gasteiger partial charge < -0.3 is 0 Å². The lowest BCUT2D eigenvalue weighted by atomic mass is 9.88. The first-order valence-electron chi connectivity index (χ1n) is 23.0. The quantitative estimate of drug-likeness (QED) is 0.153. The van der Waals surface area contributed by atoms with Gasteiger partial charge in [0, 0.05) is 60.1 Å². The van der Waals surface area contributed by atoms with E-state index in [1.165, 1.54) is 48.0 Å². The maximum absolute atomic E-state index is 5.52. The highest BCUT2D eigenvalue weighted by Crippen LogP contribution is 2.54. The van der Waals surface area contributed by atoms with E-state index in [1.807, 2.05) is 53.9 Å². The molecule has 318 valence electrons. The summed E-state index contributed by atoms with van der Waals surface area (Å²) in [5.74, 6) is 1.89. The molecule has 68 heavy (non-hydrogen) atoms. The summed E-state index contributed by atoms with van der Waals surface area (Å²) in [5, 5.41) is 2.40. The van der Waals surface area contributed by atoms with Gasteiger partial charge in [0.1, 0.15) is 0 Å². The lowest BCUT2D eigenvalue weighted by Crippen LogP contribution is -2.02. The summed E-state index contributed by atoms with van der Waals surface area (Å²) in [5.41, 5.74) is 17.7. The van der Waals surface area contributed by atoms with Crippen molar-refractivity contribution in [1.82, 2.24) is 19.9 Å². The minimum atomic E-state index is 0.126. The number of rotatable bonds is 8. The van der Waals surface area contributed by atoms with Crippen LogP contribution in [0.4, 0.5) is 0 Å². The SMILES string of the molecule is c1ccc(-c2cc(-c3ccccc3)cc(-c3cnc(-c4cccc5sc6c7c(ccc6c45)-c4ccccc4C7c4ccccc4)c(-c4nc(-c5ccccc5)nc(-c5ccccc5)n4)c3)c2)cc1. The number of thiophene rings is 1. The van der Waals surface area contributed by atoms with E-state index >= 15 is 0 Å². The summed E-state index contributed by atoms with van der Waals surface area (Å²) in [6.45, 7) is 0. The zero-order valence-corrected chi connectivity index (χ0v) is 37.6. The van der Waals surface area contributed by atoms with Crippen LogP contribution in [0.15, 0.2) is 237 Å². The third-order valence-electron chi connectivity index (χ3n) is 13.3. The number of nitrogens with zero attached hydrogens (tertiary/aromatic N) is 4. The molecule has 1 aliphatic carbocycles. The fourth-order valence-corrected chi connectivity index (χ4v) is 11.4. The van der Waals surface area contributed by atoms with Gasteiger partial charge in [-0.25, -0.2) is 15.0 Å². The van der Waals surface area contributed by atoms with Crippen LogP contribution < -0.4 is 0 Å². The Morgan fingerprint density at radius 1 is 0.353 bits per heavy atom. The van der Waals surface area contributed by atoms with Gasteiger partial charge in [-0.1, -0.05) is 200 Å². The molecule has 1 atom stereocenters. The van der Waals surface area contributed by atoms with Crippen molar-refractivity contribution >= 4 is 31.5 Å². The van der Waals surface area contributed by atoms with Gasteiger partial charge in [0.15, 0.2) is 17.5 Å². The van der Waals surface area contributed by atoms with Crippen molar-refractivity contribution in [2.75, 3.05) is 0 Å². The van der Waals surface area contributed by atoms with Crippen LogP contribution in [0.5, 0.6) is 0 Å². The third kappa shape index (κ3) is 6.91. The lowest BCUT2D eigenvalue weighted by molar-refractivity contribution is 1.03. The summed E-state index contributed by atoms with van der Waals surface area (Å²) >= 11 is 1.88. The Kier molecular flexibility index (Phi) is 9.73. The Labute approximate surface area is 398 Å². The van der Waals surface area contributed by atoms with Crippen molar-refractivity contribution < 1.29 is 0 Å². The van der Waals surface area contributed by atoms with Crippen LogP contribution in [0.3, 0.4) is 0 Å². The van der Waals surface area contributed by atoms with Crippen molar-refractivity contribution in [1.29, 1.82) is 0 Å². The molecule has 12 aromatic rings. The first kappa shape index (κ1) is 39.7. The molecule has 0 fully saturated rings. The summed E-state index contributed by atoms with van der Waals surface area (Å²) in [6, 6.07) is 81.8. The molecule has 0 N–H and O–H groups in total. The van der Waals surface area contributed by atoms with E-state index in [9.17, 15) is 0 Å². The lowest BCUT2D eigenvalue weighted by Gasteiger charge is -2.16. The van der Waals surface area contributed by atoms with E-state index in [-0.39, 0.29) is 5.92 Å². The van der Waals surface area contributed by atoms with E-state index < -0.39 is 0 Å². The smallest absolute Gasteiger partial charge is 0.166 e. The predicted octanol–water partition coefficient (Wildman–Crippen LogP) is 16.5. The number of hydrogen-bond donors (Lipinski definition) is 0. The van der Waals surface area contributed by atoms with Gasteiger partial charge >= 0.3 is 0 Å². The third-order valence-corrected chi connectivity index (χ3v) is 14.5. The predicted molar refractivity (Wildman–Crippen MR) is 281 cm³/mol. The van der Waals surface area contributed by atoms with E-state index in [2.05, 4.69) is 194 Å². The zero-order chi connectivity index (χ0) is 45.0. The molecule has 1 aliphatic rings. The van der Waals surface area contributed by atoms with Gasteiger partial charge in [-0.2, -0.15) is 0 Å². The monoisotopic (exact) mass is 884 g/mol. The zero-order valence-electron chi connectivity index (χ0n) is 36.8. The first-order chi connectivity index (χ1) is 33.7. The molecule has 0 saturated heterocycles. The number of fused-ring (bicyclic) bond motifs is 7. The van der Waals surface area contributed by atoms with Gasteiger partial charge in [-0.05, 0) is 86.0 Å². The molecular weight excluding hydrogens is 845 g/mol. The molecule has 0 amide bonds. The van der Waals surface area contributed by atoms with Crippen LogP contribution in [0.1, 0.15) is 22.6 Å². The number of benzene rings is 9. The van der Waals surface area contributed by atoms with Crippen molar-refractivity contribution in [2.45, 2.75) is 5.92 Å². The van der Waals surface area contributed by atoms with E-state index in [0.717, 1.165) is 61.3 Å². The molecule has 9 aromatic carbocycles. The van der Waals surface area contributed by atoms with Crippen LogP contribution in [-0.2, 0) is 0 Å². The molecule has 3 heterocycles. The van der Waals surface area contributed by atoms with Crippen LogP contribution in [-0.4, -0.2) is 19.9 Å². The van der Waals surface area contributed by atoms with Gasteiger partial charge in [-0.3, -0.25) is 4.98 Å². The normalized spacial score (nSPS) is 12.9. The number of hydrogen-bond acceptors (Lipinski definition) is 5. The molecule has 1 unspecified atom stereocenters. The largest absolute Gasteiger partial charge is 0.255 e. The first-order valence-corrected chi connectivity index (χ1v) is 23.8. The van der Waals surface area contributed by atoms with Crippen molar-refractivity contribution in [3.05, 3.63) is 253 Å². The van der Waals surface area contributed by atoms with E-state index in [4.69, 9.17) is 19.9 Å². The number of pyridine rings is 1. The van der Waals surface area contributed by atoms with Crippen LogP contribution in [0, 0.1) is 0 Å². The molecule has 0 spiro atoms.